The van der Waals surface area contributed by atoms with Crippen LogP contribution in [0.15, 0.2) is 48.5 Å². The molecule has 3 rings (SSSR count). The van der Waals surface area contributed by atoms with Gasteiger partial charge < -0.3 is 10.1 Å². The van der Waals surface area contributed by atoms with Crippen LogP contribution in [0, 0.1) is 0 Å². The first kappa shape index (κ1) is 18.7. The summed E-state index contributed by atoms with van der Waals surface area (Å²) in [7, 11) is 0. The maximum absolute atomic E-state index is 12.9. The second kappa shape index (κ2) is 8.10. The molecule has 1 aliphatic rings. The molecule has 26 heavy (non-hydrogen) atoms. The highest BCUT2D eigenvalue weighted by Crippen LogP contribution is 2.34. The van der Waals surface area contributed by atoms with Gasteiger partial charge in [0.1, 0.15) is 5.75 Å². The Balaban J connectivity index is 1.92. The van der Waals surface area contributed by atoms with Crippen LogP contribution >= 0.6 is 0 Å². The monoisotopic (exact) mass is 364 g/mol. The number of hydrogen-bond acceptors (Lipinski definition) is 3. The number of ether oxygens (including phenoxy) is 1. The van der Waals surface area contributed by atoms with Crippen molar-refractivity contribution < 1.29 is 17.9 Å². The Bertz CT molecular complexity index is 692. The van der Waals surface area contributed by atoms with Crippen LogP contribution in [0.4, 0.5) is 13.2 Å². The second-order valence-electron chi connectivity index (χ2n) is 6.31. The molecule has 6 heteroatoms. The number of nitrogens with one attached hydrogen (secondary N) is 1. The molecule has 0 saturated carbocycles. The lowest BCUT2D eigenvalue weighted by Crippen LogP contribution is -2.45. The molecule has 2 aromatic rings. The van der Waals surface area contributed by atoms with Gasteiger partial charge in [0.05, 0.1) is 18.2 Å². The van der Waals surface area contributed by atoms with Gasteiger partial charge in [-0.3, -0.25) is 4.90 Å². The first-order valence-corrected chi connectivity index (χ1v) is 8.83. The van der Waals surface area contributed by atoms with Crippen LogP contribution < -0.4 is 10.1 Å². The van der Waals surface area contributed by atoms with E-state index in [1.807, 2.05) is 31.2 Å². The number of benzene rings is 2. The van der Waals surface area contributed by atoms with E-state index in [1.165, 1.54) is 12.1 Å². The van der Waals surface area contributed by atoms with E-state index in [9.17, 15) is 13.2 Å². The molecule has 1 saturated heterocycles. The lowest BCUT2D eigenvalue weighted by atomic mass is 9.95. The van der Waals surface area contributed by atoms with Crippen molar-refractivity contribution in [3.8, 4) is 5.75 Å². The quantitative estimate of drug-likeness (QED) is 0.865. The third kappa shape index (κ3) is 4.37. The van der Waals surface area contributed by atoms with Gasteiger partial charge in [-0.1, -0.05) is 24.3 Å². The Hall–Kier alpha value is -2.05. The summed E-state index contributed by atoms with van der Waals surface area (Å²) in [5, 5.41) is 3.32. The Morgan fingerprint density at radius 1 is 0.962 bits per heavy atom. The molecule has 0 aromatic heterocycles. The van der Waals surface area contributed by atoms with Crippen molar-refractivity contribution >= 4 is 0 Å². The lowest BCUT2D eigenvalue weighted by molar-refractivity contribution is -0.137. The molecule has 2 aromatic carbocycles. The highest BCUT2D eigenvalue weighted by molar-refractivity contribution is 5.37. The SMILES string of the molecule is CCOc1ccc(C(c2ccc(C(F)(F)F)cc2)N2CCNCC2)cc1. The molecule has 1 heterocycles. The fraction of sp³-hybridized carbons (Fsp3) is 0.400. The molecule has 0 aliphatic carbocycles. The first-order chi connectivity index (χ1) is 12.5. The van der Waals surface area contributed by atoms with E-state index in [0.717, 1.165) is 43.1 Å². The minimum atomic E-state index is -4.32. The van der Waals surface area contributed by atoms with Crippen LogP contribution in [0.1, 0.15) is 29.7 Å². The summed E-state index contributed by atoms with van der Waals surface area (Å²) in [6.45, 7) is 5.96. The van der Waals surface area contributed by atoms with E-state index in [1.54, 1.807) is 12.1 Å². The average molecular weight is 364 g/mol. The largest absolute Gasteiger partial charge is 0.494 e. The Kier molecular flexibility index (Phi) is 5.84. The zero-order chi connectivity index (χ0) is 18.6. The zero-order valence-corrected chi connectivity index (χ0v) is 14.7. The molecular weight excluding hydrogens is 341 g/mol. The van der Waals surface area contributed by atoms with E-state index in [0.29, 0.717) is 6.61 Å². The van der Waals surface area contributed by atoms with Crippen molar-refractivity contribution in [3.63, 3.8) is 0 Å². The predicted octanol–water partition coefficient (Wildman–Crippen LogP) is 4.10. The van der Waals surface area contributed by atoms with Gasteiger partial charge in [-0.05, 0) is 42.3 Å². The van der Waals surface area contributed by atoms with Gasteiger partial charge in [-0.2, -0.15) is 13.2 Å². The van der Waals surface area contributed by atoms with Crippen molar-refractivity contribution in [1.29, 1.82) is 0 Å². The molecule has 3 nitrogen and oxygen atoms in total. The molecule has 1 aliphatic heterocycles. The van der Waals surface area contributed by atoms with Crippen LogP contribution in [-0.2, 0) is 6.18 Å². The summed E-state index contributed by atoms with van der Waals surface area (Å²) in [4.78, 5) is 2.30. The van der Waals surface area contributed by atoms with Crippen molar-refractivity contribution in [2.45, 2.75) is 19.1 Å². The smallest absolute Gasteiger partial charge is 0.416 e. The standard InChI is InChI=1S/C20H23F3N2O/c1-2-26-18-9-5-16(6-10-18)19(25-13-11-24-12-14-25)15-3-7-17(8-4-15)20(21,22)23/h3-10,19,24H,2,11-14H2,1H3. The number of rotatable bonds is 5. The van der Waals surface area contributed by atoms with Crippen molar-refractivity contribution in [1.82, 2.24) is 10.2 Å². The molecule has 1 unspecified atom stereocenters. The molecule has 0 bridgehead atoms. The number of nitrogens with zero attached hydrogens (tertiary/aromatic N) is 1. The maximum atomic E-state index is 12.9. The molecule has 140 valence electrons. The van der Waals surface area contributed by atoms with Crippen LogP contribution in [0.5, 0.6) is 5.75 Å². The van der Waals surface area contributed by atoms with E-state index in [-0.39, 0.29) is 6.04 Å². The van der Waals surface area contributed by atoms with Crippen LogP contribution in [0.3, 0.4) is 0 Å². The number of hydrogen-bond donors (Lipinski definition) is 1. The maximum Gasteiger partial charge on any atom is 0.416 e. The van der Waals surface area contributed by atoms with Gasteiger partial charge >= 0.3 is 6.18 Å². The van der Waals surface area contributed by atoms with E-state index < -0.39 is 11.7 Å². The summed E-state index contributed by atoms with van der Waals surface area (Å²) >= 11 is 0. The zero-order valence-electron chi connectivity index (χ0n) is 14.7. The number of halogens is 3. The van der Waals surface area contributed by atoms with Gasteiger partial charge in [0.25, 0.3) is 0 Å². The molecule has 1 atom stereocenters. The van der Waals surface area contributed by atoms with Crippen molar-refractivity contribution in [2.24, 2.45) is 0 Å². The molecule has 0 spiro atoms. The van der Waals surface area contributed by atoms with Gasteiger partial charge in [-0.15, -0.1) is 0 Å². The van der Waals surface area contributed by atoms with Crippen LogP contribution in [0.25, 0.3) is 0 Å². The normalized spacial score (nSPS) is 17.1. The number of alkyl halides is 3. The van der Waals surface area contributed by atoms with Crippen molar-refractivity contribution in [2.75, 3.05) is 32.8 Å². The molecule has 0 radical (unpaired) electrons. The fourth-order valence-corrected chi connectivity index (χ4v) is 3.32. The average Bonchev–Trinajstić information content (AvgIpc) is 2.64. The Morgan fingerprint density at radius 2 is 1.50 bits per heavy atom. The minimum absolute atomic E-state index is 0.0740. The highest BCUT2D eigenvalue weighted by Gasteiger charge is 2.31. The minimum Gasteiger partial charge on any atom is -0.494 e. The summed E-state index contributed by atoms with van der Waals surface area (Å²) in [6.07, 6.45) is -4.32. The van der Waals surface area contributed by atoms with Gasteiger partial charge in [0.15, 0.2) is 0 Å². The van der Waals surface area contributed by atoms with E-state index in [2.05, 4.69) is 10.2 Å². The Morgan fingerprint density at radius 3 is 2.00 bits per heavy atom. The van der Waals surface area contributed by atoms with Gasteiger partial charge in [-0.25, -0.2) is 0 Å². The van der Waals surface area contributed by atoms with Crippen LogP contribution in [0.2, 0.25) is 0 Å². The molecule has 0 amide bonds. The van der Waals surface area contributed by atoms with Crippen molar-refractivity contribution in [3.05, 3.63) is 65.2 Å². The van der Waals surface area contributed by atoms with Gasteiger partial charge in [0.2, 0.25) is 0 Å². The third-order valence-corrected chi connectivity index (χ3v) is 4.58. The topological polar surface area (TPSA) is 24.5 Å². The third-order valence-electron chi connectivity index (χ3n) is 4.58. The fourth-order valence-electron chi connectivity index (χ4n) is 3.32. The summed E-state index contributed by atoms with van der Waals surface area (Å²) < 4.78 is 44.1. The van der Waals surface area contributed by atoms with E-state index in [4.69, 9.17) is 4.74 Å². The van der Waals surface area contributed by atoms with Crippen LogP contribution in [-0.4, -0.2) is 37.7 Å². The summed E-state index contributed by atoms with van der Waals surface area (Å²) in [5.41, 5.74) is 1.30. The molecule has 1 N–H and O–H groups in total. The van der Waals surface area contributed by atoms with Gasteiger partial charge in [0, 0.05) is 26.2 Å². The lowest BCUT2D eigenvalue weighted by Gasteiger charge is -2.35. The highest BCUT2D eigenvalue weighted by atomic mass is 19.4. The Labute approximate surface area is 151 Å². The number of piperazine rings is 1. The molecule has 1 fully saturated rings. The second-order valence-corrected chi connectivity index (χ2v) is 6.31. The molecular formula is C20H23F3N2O. The van der Waals surface area contributed by atoms with E-state index >= 15 is 0 Å². The predicted molar refractivity (Wildman–Crippen MR) is 95.3 cm³/mol. The first-order valence-electron chi connectivity index (χ1n) is 8.83. The summed E-state index contributed by atoms with van der Waals surface area (Å²) in [6, 6.07) is 13.3. The summed E-state index contributed by atoms with van der Waals surface area (Å²) in [5.74, 6) is 0.794.